The van der Waals surface area contributed by atoms with Crippen molar-refractivity contribution in [3.8, 4) is 0 Å². The Morgan fingerprint density at radius 1 is 1.41 bits per heavy atom. The molecule has 0 radical (unpaired) electrons. The highest BCUT2D eigenvalue weighted by Crippen LogP contribution is 2.10. The second kappa shape index (κ2) is 5.84. The van der Waals surface area contributed by atoms with Crippen LogP contribution in [0.5, 0.6) is 0 Å². The first-order chi connectivity index (χ1) is 8.29. The molecule has 1 aliphatic rings. The number of rotatable bonds is 4. The minimum atomic E-state index is -0.436. The summed E-state index contributed by atoms with van der Waals surface area (Å²) in [4.78, 5) is 11.2. The molecule has 0 aliphatic carbocycles. The molecule has 2 heterocycles. The van der Waals surface area contributed by atoms with Gasteiger partial charge >= 0.3 is 5.97 Å². The second-order valence-corrected chi connectivity index (χ2v) is 4.14. The number of hydrazine groups is 1. The standard InChI is InChI=1S/C12H18N2O3/c1-16-12(15)11-6-5-10(17-11)9-13-14-7-3-2-4-8-14/h5-6,13H,2-4,7-9H2,1H3. The van der Waals surface area contributed by atoms with E-state index in [0.717, 1.165) is 18.8 Å². The number of carbonyl (C=O) groups is 1. The average molecular weight is 238 g/mol. The highest BCUT2D eigenvalue weighted by molar-refractivity contribution is 5.86. The third-order valence-electron chi connectivity index (χ3n) is 2.88. The topological polar surface area (TPSA) is 54.7 Å². The fourth-order valence-electron chi connectivity index (χ4n) is 1.92. The summed E-state index contributed by atoms with van der Waals surface area (Å²) in [5, 5.41) is 2.20. The largest absolute Gasteiger partial charge is 0.463 e. The molecule has 1 fully saturated rings. The number of esters is 1. The quantitative estimate of drug-likeness (QED) is 0.807. The van der Waals surface area contributed by atoms with Crippen molar-refractivity contribution >= 4 is 5.97 Å². The van der Waals surface area contributed by atoms with Crippen LogP contribution in [0, 0.1) is 0 Å². The fourth-order valence-corrected chi connectivity index (χ4v) is 1.92. The van der Waals surface area contributed by atoms with Gasteiger partial charge in [-0.2, -0.15) is 0 Å². The molecule has 0 atom stereocenters. The third kappa shape index (κ3) is 3.31. The maximum atomic E-state index is 11.2. The molecule has 17 heavy (non-hydrogen) atoms. The van der Waals surface area contributed by atoms with Crippen molar-refractivity contribution < 1.29 is 13.9 Å². The van der Waals surface area contributed by atoms with Gasteiger partial charge in [0.25, 0.3) is 0 Å². The van der Waals surface area contributed by atoms with Crippen molar-refractivity contribution in [3.05, 3.63) is 23.7 Å². The van der Waals surface area contributed by atoms with Crippen LogP contribution in [0.4, 0.5) is 0 Å². The first-order valence-corrected chi connectivity index (χ1v) is 5.95. The Hall–Kier alpha value is -1.33. The smallest absolute Gasteiger partial charge is 0.373 e. The molecule has 1 N–H and O–H groups in total. The van der Waals surface area contributed by atoms with Crippen LogP contribution in [0.15, 0.2) is 16.5 Å². The zero-order valence-electron chi connectivity index (χ0n) is 10.1. The number of hydrogen-bond acceptors (Lipinski definition) is 5. The second-order valence-electron chi connectivity index (χ2n) is 4.14. The lowest BCUT2D eigenvalue weighted by atomic mass is 10.2. The fraction of sp³-hybridized carbons (Fsp3) is 0.583. The predicted molar refractivity (Wildman–Crippen MR) is 62.3 cm³/mol. The zero-order valence-corrected chi connectivity index (χ0v) is 10.1. The van der Waals surface area contributed by atoms with E-state index in [1.807, 2.05) is 0 Å². The number of hydrogen-bond donors (Lipinski definition) is 1. The van der Waals surface area contributed by atoms with Crippen LogP contribution in [0.1, 0.15) is 35.6 Å². The molecule has 1 aliphatic heterocycles. The van der Waals surface area contributed by atoms with E-state index in [4.69, 9.17) is 4.42 Å². The van der Waals surface area contributed by atoms with Gasteiger partial charge in [-0.05, 0) is 25.0 Å². The Bertz CT molecular complexity index is 370. The van der Waals surface area contributed by atoms with Crippen LogP contribution in [-0.4, -0.2) is 31.2 Å². The summed E-state index contributed by atoms with van der Waals surface area (Å²) in [7, 11) is 1.34. The van der Waals surface area contributed by atoms with Gasteiger partial charge in [-0.3, -0.25) is 0 Å². The third-order valence-corrected chi connectivity index (χ3v) is 2.88. The van der Waals surface area contributed by atoms with Crippen molar-refractivity contribution in [2.45, 2.75) is 25.8 Å². The maximum absolute atomic E-state index is 11.2. The number of furan rings is 1. The highest BCUT2D eigenvalue weighted by Gasteiger charge is 2.13. The van der Waals surface area contributed by atoms with Gasteiger partial charge in [0.15, 0.2) is 0 Å². The first kappa shape index (κ1) is 12.1. The van der Waals surface area contributed by atoms with Crippen LogP contribution < -0.4 is 5.43 Å². The molecular formula is C12H18N2O3. The van der Waals surface area contributed by atoms with Crippen LogP contribution in [0.2, 0.25) is 0 Å². The molecule has 0 amide bonds. The molecule has 1 aromatic rings. The summed E-state index contributed by atoms with van der Waals surface area (Å²) in [6.07, 6.45) is 3.78. The average Bonchev–Trinajstić information content (AvgIpc) is 2.85. The summed E-state index contributed by atoms with van der Waals surface area (Å²) >= 11 is 0. The van der Waals surface area contributed by atoms with Gasteiger partial charge in [-0.15, -0.1) is 0 Å². The molecule has 5 nitrogen and oxygen atoms in total. The minimum Gasteiger partial charge on any atom is -0.463 e. The molecule has 0 bridgehead atoms. The van der Waals surface area contributed by atoms with E-state index >= 15 is 0 Å². The lowest BCUT2D eigenvalue weighted by molar-refractivity contribution is 0.0561. The van der Waals surface area contributed by atoms with Crippen LogP contribution in [-0.2, 0) is 11.3 Å². The number of carbonyl (C=O) groups excluding carboxylic acids is 1. The van der Waals surface area contributed by atoms with Crippen molar-refractivity contribution in [1.29, 1.82) is 0 Å². The molecule has 1 saturated heterocycles. The van der Waals surface area contributed by atoms with Gasteiger partial charge in [0.1, 0.15) is 5.76 Å². The van der Waals surface area contributed by atoms with Crippen LogP contribution in [0.25, 0.3) is 0 Å². The SMILES string of the molecule is COC(=O)c1ccc(CNN2CCCCC2)o1. The lowest BCUT2D eigenvalue weighted by Gasteiger charge is -2.26. The van der Waals surface area contributed by atoms with Gasteiger partial charge < -0.3 is 9.15 Å². The maximum Gasteiger partial charge on any atom is 0.373 e. The highest BCUT2D eigenvalue weighted by atomic mass is 16.5. The monoisotopic (exact) mass is 238 g/mol. The molecule has 94 valence electrons. The molecule has 2 rings (SSSR count). The predicted octanol–water partition coefficient (Wildman–Crippen LogP) is 1.56. The summed E-state index contributed by atoms with van der Waals surface area (Å²) in [5.74, 6) is 0.563. The van der Waals surface area contributed by atoms with Crippen molar-refractivity contribution in [2.75, 3.05) is 20.2 Å². The molecule has 5 heteroatoms. The number of piperidine rings is 1. The molecule has 0 saturated carbocycles. The van der Waals surface area contributed by atoms with E-state index in [-0.39, 0.29) is 5.76 Å². The summed E-state index contributed by atoms with van der Waals surface area (Å²) in [6, 6.07) is 3.43. The number of methoxy groups -OCH3 is 1. The van der Waals surface area contributed by atoms with Crippen molar-refractivity contribution in [3.63, 3.8) is 0 Å². The molecule has 1 aromatic heterocycles. The Kier molecular flexibility index (Phi) is 4.17. The first-order valence-electron chi connectivity index (χ1n) is 5.95. The van der Waals surface area contributed by atoms with Gasteiger partial charge in [0, 0.05) is 13.1 Å². The Morgan fingerprint density at radius 3 is 2.88 bits per heavy atom. The van der Waals surface area contributed by atoms with E-state index in [1.54, 1.807) is 12.1 Å². The van der Waals surface area contributed by atoms with E-state index in [9.17, 15) is 4.79 Å². The lowest BCUT2D eigenvalue weighted by Crippen LogP contribution is -2.41. The minimum absolute atomic E-state index is 0.253. The Labute approximate surface area is 101 Å². The Morgan fingerprint density at radius 2 is 2.18 bits per heavy atom. The summed E-state index contributed by atoms with van der Waals surface area (Å²) in [6.45, 7) is 2.76. The van der Waals surface area contributed by atoms with E-state index in [0.29, 0.717) is 6.54 Å². The molecular weight excluding hydrogens is 220 g/mol. The summed E-state index contributed by atoms with van der Waals surface area (Å²) in [5.41, 5.74) is 3.30. The zero-order chi connectivity index (χ0) is 12.1. The van der Waals surface area contributed by atoms with Gasteiger partial charge in [0.05, 0.1) is 13.7 Å². The molecule has 0 aromatic carbocycles. The van der Waals surface area contributed by atoms with Gasteiger partial charge in [-0.25, -0.2) is 15.2 Å². The molecule has 0 spiro atoms. The number of ether oxygens (including phenoxy) is 1. The van der Waals surface area contributed by atoms with E-state index in [1.165, 1.54) is 26.4 Å². The van der Waals surface area contributed by atoms with E-state index < -0.39 is 5.97 Å². The normalized spacial score (nSPS) is 17.0. The van der Waals surface area contributed by atoms with Crippen LogP contribution in [0.3, 0.4) is 0 Å². The van der Waals surface area contributed by atoms with Gasteiger partial charge in [0.2, 0.25) is 5.76 Å². The number of nitrogens with zero attached hydrogens (tertiary/aromatic N) is 1. The van der Waals surface area contributed by atoms with Gasteiger partial charge in [-0.1, -0.05) is 6.42 Å². The van der Waals surface area contributed by atoms with Crippen molar-refractivity contribution in [2.24, 2.45) is 0 Å². The van der Waals surface area contributed by atoms with E-state index in [2.05, 4.69) is 15.2 Å². The van der Waals surface area contributed by atoms with Crippen LogP contribution >= 0.6 is 0 Å². The van der Waals surface area contributed by atoms with Crippen molar-refractivity contribution in [1.82, 2.24) is 10.4 Å². The number of nitrogens with one attached hydrogen (secondary N) is 1. The summed E-state index contributed by atoms with van der Waals surface area (Å²) < 4.78 is 9.94. The molecule has 0 unspecified atom stereocenters. The Balaban J connectivity index is 1.82.